The van der Waals surface area contributed by atoms with Crippen LogP contribution in [0.3, 0.4) is 0 Å². The minimum Gasteiger partial charge on any atom is -0.481 e. The van der Waals surface area contributed by atoms with Crippen molar-refractivity contribution in [3.05, 3.63) is 29.7 Å². The highest BCUT2D eigenvalue weighted by Crippen LogP contribution is 2.07. The third-order valence-corrected chi connectivity index (χ3v) is 2.42. The Hall–Kier alpha value is -2.04. The lowest BCUT2D eigenvalue weighted by Gasteiger charge is -2.12. The number of hydrogen-bond acceptors (Lipinski definition) is 3. The fourth-order valence-electron chi connectivity index (χ4n) is 1.46. The zero-order chi connectivity index (χ0) is 13.5. The number of carboxylic acid groups (broad SMARTS) is 1. The molecule has 98 valence electrons. The van der Waals surface area contributed by atoms with Crippen molar-refractivity contribution in [3.8, 4) is 0 Å². The second-order valence-electron chi connectivity index (χ2n) is 3.99. The molecule has 0 spiro atoms. The van der Waals surface area contributed by atoms with E-state index in [0.29, 0.717) is 12.2 Å². The molecule has 1 amide bonds. The number of amides is 1. The number of rotatable bonds is 6. The maximum atomic E-state index is 11.5. The van der Waals surface area contributed by atoms with Gasteiger partial charge in [0.2, 0.25) is 5.91 Å². The Morgan fingerprint density at radius 2 is 2.22 bits per heavy atom. The molecule has 1 aromatic heterocycles. The van der Waals surface area contributed by atoms with Crippen LogP contribution in [0, 0.1) is 6.92 Å². The van der Waals surface area contributed by atoms with Crippen molar-refractivity contribution in [2.45, 2.75) is 32.7 Å². The summed E-state index contributed by atoms with van der Waals surface area (Å²) in [5, 5.41) is 11.3. The van der Waals surface area contributed by atoms with Crippen LogP contribution in [0.2, 0.25) is 0 Å². The molecule has 1 aromatic rings. The molecular weight excluding hydrogens is 234 g/mol. The molecule has 0 bridgehead atoms. The third-order valence-electron chi connectivity index (χ3n) is 2.42. The minimum atomic E-state index is -0.923. The van der Waals surface area contributed by atoms with Crippen molar-refractivity contribution < 1.29 is 19.1 Å². The number of aryl methyl sites for hydroxylation is 1. The fourth-order valence-corrected chi connectivity index (χ4v) is 1.46. The van der Waals surface area contributed by atoms with Crippen LogP contribution in [-0.2, 0) is 9.59 Å². The maximum absolute atomic E-state index is 11.5. The van der Waals surface area contributed by atoms with Gasteiger partial charge in [-0.2, -0.15) is 0 Å². The summed E-state index contributed by atoms with van der Waals surface area (Å²) in [6, 6.07) is 3.21. The van der Waals surface area contributed by atoms with E-state index in [1.165, 1.54) is 6.08 Å². The van der Waals surface area contributed by atoms with E-state index in [2.05, 4.69) is 5.32 Å². The van der Waals surface area contributed by atoms with Gasteiger partial charge in [0.05, 0.1) is 6.42 Å². The summed E-state index contributed by atoms with van der Waals surface area (Å²) >= 11 is 0. The number of nitrogens with one attached hydrogen (secondary N) is 1. The van der Waals surface area contributed by atoms with Crippen molar-refractivity contribution in [1.29, 1.82) is 0 Å². The summed E-state index contributed by atoms with van der Waals surface area (Å²) in [5.41, 5.74) is 0. The molecule has 5 heteroatoms. The molecular formula is C13H17NO4. The topological polar surface area (TPSA) is 79.5 Å². The van der Waals surface area contributed by atoms with Gasteiger partial charge in [-0.1, -0.05) is 6.92 Å². The van der Waals surface area contributed by atoms with Crippen molar-refractivity contribution in [3.63, 3.8) is 0 Å². The zero-order valence-corrected chi connectivity index (χ0v) is 10.5. The average Bonchev–Trinajstić information content (AvgIpc) is 2.71. The van der Waals surface area contributed by atoms with Gasteiger partial charge in [-0.3, -0.25) is 9.59 Å². The van der Waals surface area contributed by atoms with Crippen LogP contribution in [0.4, 0.5) is 0 Å². The summed E-state index contributed by atoms with van der Waals surface area (Å²) in [7, 11) is 0. The van der Waals surface area contributed by atoms with E-state index in [0.717, 1.165) is 5.76 Å². The molecule has 1 unspecified atom stereocenters. The molecule has 1 rings (SSSR count). The van der Waals surface area contributed by atoms with Gasteiger partial charge in [0.25, 0.3) is 0 Å². The maximum Gasteiger partial charge on any atom is 0.305 e. The molecule has 0 saturated heterocycles. The Kier molecular flexibility index (Phi) is 5.17. The van der Waals surface area contributed by atoms with E-state index in [1.807, 2.05) is 13.8 Å². The van der Waals surface area contributed by atoms with Crippen LogP contribution in [-0.4, -0.2) is 23.0 Å². The first-order valence-corrected chi connectivity index (χ1v) is 5.78. The second-order valence-corrected chi connectivity index (χ2v) is 3.99. The number of carbonyl (C=O) groups is 2. The molecule has 0 aliphatic rings. The first kappa shape index (κ1) is 14.0. The van der Waals surface area contributed by atoms with E-state index in [-0.39, 0.29) is 18.4 Å². The minimum absolute atomic E-state index is 0.0735. The molecule has 0 radical (unpaired) electrons. The Morgan fingerprint density at radius 3 is 2.72 bits per heavy atom. The smallest absolute Gasteiger partial charge is 0.305 e. The van der Waals surface area contributed by atoms with Gasteiger partial charge in [-0.05, 0) is 31.6 Å². The molecule has 18 heavy (non-hydrogen) atoms. The lowest BCUT2D eigenvalue weighted by atomic mass is 10.1. The molecule has 0 aliphatic carbocycles. The Labute approximate surface area is 105 Å². The van der Waals surface area contributed by atoms with Gasteiger partial charge in [-0.25, -0.2) is 0 Å². The predicted molar refractivity (Wildman–Crippen MR) is 67.0 cm³/mol. The molecule has 5 nitrogen and oxygen atoms in total. The van der Waals surface area contributed by atoms with E-state index >= 15 is 0 Å². The fraction of sp³-hybridized carbons (Fsp3) is 0.385. The van der Waals surface area contributed by atoms with Crippen LogP contribution < -0.4 is 5.32 Å². The molecule has 0 aromatic carbocycles. The zero-order valence-electron chi connectivity index (χ0n) is 10.5. The van der Waals surface area contributed by atoms with Gasteiger partial charge in [0.1, 0.15) is 11.5 Å². The Bertz CT molecular complexity index is 448. The van der Waals surface area contributed by atoms with Gasteiger partial charge in [0, 0.05) is 12.1 Å². The monoisotopic (exact) mass is 251 g/mol. The first-order valence-electron chi connectivity index (χ1n) is 5.78. The summed E-state index contributed by atoms with van der Waals surface area (Å²) in [6.45, 7) is 3.64. The van der Waals surface area contributed by atoms with Crippen molar-refractivity contribution in [2.24, 2.45) is 0 Å². The summed E-state index contributed by atoms with van der Waals surface area (Å²) in [6.07, 6.45) is 3.39. The largest absolute Gasteiger partial charge is 0.481 e. The molecule has 1 atom stereocenters. The third kappa shape index (κ3) is 4.86. The van der Waals surface area contributed by atoms with Crippen LogP contribution >= 0.6 is 0 Å². The van der Waals surface area contributed by atoms with Gasteiger partial charge in [0.15, 0.2) is 0 Å². The first-order chi connectivity index (χ1) is 8.51. The molecule has 1 heterocycles. The number of carboxylic acids is 1. The summed E-state index contributed by atoms with van der Waals surface area (Å²) < 4.78 is 5.27. The van der Waals surface area contributed by atoms with Crippen molar-refractivity contribution in [2.75, 3.05) is 0 Å². The Morgan fingerprint density at radius 1 is 1.50 bits per heavy atom. The van der Waals surface area contributed by atoms with Crippen LogP contribution in [0.15, 0.2) is 22.6 Å². The van der Waals surface area contributed by atoms with Crippen molar-refractivity contribution >= 4 is 18.0 Å². The molecule has 0 saturated carbocycles. The van der Waals surface area contributed by atoms with E-state index in [4.69, 9.17) is 9.52 Å². The molecule has 2 N–H and O–H groups in total. The number of furan rings is 1. The highest BCUT2D eigenvalue weighted by atomic mass is 16.4. The number of hydrogen-bond donors (Lipinski definition) is 2. The van der Waals surface area contributed by atoms with Gasteiger partial charge < -0.3 is 14.8 Å². The summed E-state index contributed by atoms with van der Waals surface area (Å²) in [5.74, 6) is 0.117. The quantitative estimate of drug-likeness (QED) is 0.757. The Balaban J connectivity index is 2.49. The predicted octanol–water partition coefficient (Wildman–Crippen LogP) is 1.97. The lowest BCUT2D eigenvalue weighted by molar-refractivity contribution is -0.137. The van der Waals surface area contributed by atoms with E-state index in [9.17, 15) is 9.59 Å². The standard InChI is InChI=1S/C13H17NO4/c1-3-10(8-13(16)17)14-12(15)7-6-11-5-4-9(2)18-11/h4-7,10H,3,8H2,1-2H3,(H,14,15)(H,16,17)/b7-6+. The van der Waals surface area contributed by atoms with Gasteiger partial charge >= 0.3 is 5.97 Å². The van der Waals surface area contributed by atoms with Gasteiger partial charge in [-0.15, -0.1) is 0 Å². The van der Waals surface area contributed by atoms with Crippen LogP contribution in [0.5, 0.6) is 0 Å². The highest BCUT2D eigenvalue weighted by Gasteiger charge is 2.12. The van der Waals surface area contributed by atoms with Crippen LogP contribution in [0.1, 0.15) is 31.3 Å². The second kappa shape index (κ2) is 6.64. The average molecular weight is 251 g/mol. The van der Waals surface area contributed by atoms with E-state index in [1.54, 1.807) is 18.2 Å². The molecule has 0 aliphatic heterocycles. The molecule has 0 fully saturated rings. The summed E-state index contributed by atoms with van der Waals surface area (Å²) in [4.78, 5) is 22.1. The number of carbonyl (C=O) groups excluding carboxylic acids is 1. The van der Waals surface area contributed by atoms with Crippen LogP contribution in [0.25, 0.3) is 6.08 Å². The SMILES string of the molecule is CCC(CC(=O)O)NC(=O)/C=C/c1ccc(C)o1. The normalized spacial score (nSPS) is 12.6. The highest BCUT2D eigenvalue weighted by molar-refractivity contribution is 5.91. The lowest BCUT2D eigenvalue weighted by Crippen LogP contribution is -2.34. The van der Waals surface area contributed by atoms with E-state index < -0.39 is 5.97 Å². The number of aliphatic carboxylic acids is 1. The van der Waals surface area contributed by atoms with Crippen molar-refractivity contribution in [1.82, 2.24) is 5.32 Å².